The van der Waals surface area contributed by atoms with E-state index in [4.69, 9.17) is 34.3 Å². The third-order valence-corrected chi connectivity index (χ3v) is 2.94. The first-order valence-electron chi connectivity index (χ1n) is 5.23. The Hall–Kier alpha value is -1.46. The third-order valence-electron chi connectivity index (χ3n) is 2.37. The van der Waals surface area contributed by atoms with Gasteiger partial charge >= 0.3 is 6.03 Å². The predicted molar refractivity (Wildman–Crippen MR) is 74.7 cm³/mol. The van der Waals surface area contributed by atoms with Crippen LogP contribution in [-0.2, 0) is 6.42 Å². The number of urea groups is 1. The van der Waals surface area contributed by atoms with E-state index in [-0.39, 0.29) is 0 Å². The molecule has 0 fully saturated rings. The van der Waals surface area contributed by atoms with Gasteiger partial charge in [0.25, 0.3) is 0 Å². The number of amides is 2. The molecule has 1 rings (SSSR count). The summed E-state index contributed by atoms with van der Waals surface area (Å²) in [6.45, 7) is 1.98. The number of benzene rings is 1. The summed E-state index contributed by atoms with van der Waals surface area (Å²) in [5, 5.41) is 9.91. The molecule has 1 aromatic carbocycles. The van der Waals surface area contributed by atoms with Crippen molar-refractivity contribution in [2.45, 2.75) is 13.3 Å². The van der Waals surface area contributed by atoms with E-state index < -0.39 is 12.0 Å². The molecule has 18 heavy (non-hydrogen) atoms. The number of halogens is 2. The predicted octanol–water partition coefficient (Wildman–Crippen LogP) is 2.60. The number of hydrogen-bond donors (Lipinski definition) is 3. The minimum absolute atomic E-state index is 0.376. The number of guanidine groups is 1. The largest absolute Gasteiger partial charge is 0.370 e. The van der Waals surface area contributed by atoms with Gasteiger partial charge in [0.15, 0.2) is 5.96 Å². The van der Waals surface area contributed by atoms with Gasteiger partial charge in [-0.3, -0.25) is 15.6 Å². The Morgan fingerprint density at radius 3 is 2.33 bits per heavy atom. The molecule has 0 heterocycles. The molecule has 2 amide bonds. The molecule has 98 valence electrons. The van der Waals surface area contributed by atoms with E-state index in [9.17, 15) is 4.79 Å². The number of hydrogen-bond acceptors (Lipinski definition) is 2. The Balaban J connectivity index is 3.09. The van der Waals surface area contributed by atoms with E-state index in [0.29, 0.717) is 15.7 Å². The zero-order valence-corrected chi connectivity index (χ0v) is 11.6. The molecule has 0 radical (unpaired) electrons. The first-order valence-corrected chi connectivity index (χ1v) is 5.99. The summed E-state index contributed by atoms with van der Waals surface area (Å²) < 4.78 is 0. The zero-order valence-electron chi connectivity index (χ0n) is 10.1. The van der Waals surface area contributed by atoms with Gasteiger partial charge in [0.2, 0.25) is 0 Å². The molecule has 0 aliphatic rings. The van der Waals surface area contributed by atoms with Gasteiger partial charge in [-0.05, 0) is 24.1 Å². The Labute approximate surface area is 115 Å². The summed E-state index contributed by atoms with van der Waals surface area (Å²) in [5.41, 5.74) is 6.45. The smallest absolute Gasteiger partial charge is 0.328 e. The minimum atomic E-state index is -0.574. The van der Waals surface area contributed by atoms with E-state index in [1.807, 2.05) is 6.92 Å². The Morgan fingerprint density at radius 2 is 1.94 bits per heavy atom. The Kier molecular flexibility index (Phi) is 4.81. The lowest BCUT2D eigenvalue weighted by atomic mass is 10.1. The number of carbonyl (C=O) groups excluding carboxylic acids is 1. The molecule has 0 unspecified atom stereocenters. The van der Waals surface area contributed by atoms with Crippen LogP contribution in [0.15, 0.2) is 12.1 Å². The highest BCUT2D eigenvalue weighted by Crippen LogP contribution is 2.34. The van der Waals surface area contributed by atoms with Crippen molar-refractivity contribution in [3.63, 3.8) is 0 Å². The maximum absolute atomic E-state index is 11.7. The van der Waals surface area contributed by atoms with Crippen LogP contribution in [0.2, 0.25) is 10.0 Å². The topological polar surface area (TPSA) is 82.2 Å². The van der Waals surface area contributed by atoms with Gasteiger partial charge in [0, 0.05) is 7.05 Å². The van der Waals surface area contributed by atoms with Crippen molar-refractivity contribution < 1.29 is 4.79 Å². The molecule has 0 aromatic heterocycles. The minimum Gasteiger partial charge on any atom is -0.370 e. The molecule has 7 heteroatoms. The van der Waals surface area contributed by atoms with E-state index in [1.54, 1.807) is 12.1 Å². The second-order valence-corrected chi connectivity index (χ2v) is 4.48. The van der Waals surface area contributed by atoms with Crippen molar-refractivity contribution in [2.75, 3.05) is 11.9 Å². The number of rotatable bonds is 2. The van der Waals surface area contributed by atoms with E-state index >= 15 is 0 Å². The zero-order chi connectivity index (χ0) is 13.9. The SMILES string of the molecule is CCc1cc(Cl)c(N(C)C(=O)NC(=N)N)c(Cl)c1. The summed E-state index contributed by atoms with van der Waals surface area (Å²) >= 11 is 12.2. The van der Waals surface area contributed by atoms with Gasteiger partial charge in [0.1, 0.15) is 0 Å². The van der Waals surface area contributed by atoms with Crippen molar-refractivity contribution in [1.29, 1.82) is 5.41 Å². The van der Waals surface area contributed by atoms with Gasteiger partial charge in [-0.15, -0.1) is 0 Å². The van der Waals surface area contributed by atoms with Crippen molar-refractivity contribution >= 4 is 40.9 Å². The number of anilines is 1. The van der Waals surface area contributed by atoms with Crippen molar-refractivity contribution in [1.82, 2.24) is 5.32 Å². The molecule has 1 aromatic rings. The number of nitrogens with one attached hydrogen (secondary N) is 2. The number of nitrogens with zero attached hydrogens (tertiary/aromatic N) is 1. The lowest BCUT2D eigenvalue weighted by molar-refractivity contribution is 0.251. The van der Waals surface area contributed by atoms with Crippen LogP contribution in [0, 0.1) is 5.41 Å². The fourth-order valence-electron chi connectivity index (χ4n) is 1.44. The molecule has 5 nitrogen and oxygen atoms in total. The van der Waals surface area contributed by atoms with Crippen molar-refractivity contribution in [2.24, 2.45) is 5.73 Å². The second-order valence-electron chi connectivity index (χ2n) is 3.66. The summed E-state index contributed by atoms with van der Waals surface area (Å²) in [6, 6.07) is 2.93. The normalized spacial score (nSPS) is 10.0. The highest BCUT2D eigenvalue weighted by Gasteiger charge is 2.18. The second kappa shape index (κ2) is 5.93. The lowest BCUT2D eigenvalue weighted by Gasteiger charge is -2.20. The molecule has 0 bridgehead atoms. The van der Waals surface area contributed by atoms with Crippen LogP contribution in [0.4, 0.5) is 10.5 Å². The molecule has 0 spiro atoms. The van der Waals surface area contributed by atoms with Gasteiger partial charge in [-0.2, -0.15) is 0 Å². The van der Waals surface area contributed by atoms with E-state index in [2.05, 4.69) is 5.32 Å². The van der Waals surface area contributed by atoms with Crippen LogP contribution in [-0.4, -0.2) is 19.0 Å². The molecular weight excluding hydrogens is 275 g/mol. The molecular formula is C11H14Cl2N4O. The monoisotopic (exact) mass is 288 g/mol. The summed E-state index contributed by atoms with van der Waals surface area (Å²) in [7, 11) is 1.50. The van der Waals surface area contributed by atoms with Crippen LogP contribution in [0.1, 0.15) is 12.5 Å². The Morgan fingerprint density at radius 1 is 1.44 bits per heavy atom. The van der Waals surface area contributed by atoms with E-state index in [0.717, 1.165) is 12.0 Å². The van der Waals surface area contributed by atoms with Crippen LogP contribution >= 0.6 is 23.2 Å². The highest BCUT2D eigenvalue weighted by atomic mass is 35.5. The summed E-state index contributed by atoms with van der Waals surface area (Å²) in [6.07, 6.45) is 0.795. The number of nitrogens with two attached hydrogens (primary N) is 1. The van der Waals surface area contributed by atoms with Gasteiger partial charge in [-0.1, -0.05) is 30.1 Å². The molecule has 0 aliphatic heterocycles. The third kappa shape index (κ3) is 3.27. The maximum Gasteiger partial charge on any atom is 0.328 e. The quantitative estimate of drug-likeness (QED) is 0.577. The van der Waals surface area contributed by atoms with Crippen LogP contribution in [0.5, 0.6) is 0 Å². The first-order chi connectivity index (χ1) is 8.36. The van der Waals surface area contributed by atoms with Gasteiger partial charge in [0.05, 0.1) is 15.7 Å². The molecule has 4 N–H and O–H groups in total. The summed E-state index contributed by atoms with van der Waals surface area (Å²) in [4.78, 5) is 12.9. The van der Waals surface area contributed by atoms with Gasteiger partial charge < -0.3 is 5.73 Å². The van der Waals surface area contributed by atoms with Crippen LogP contribution in [0.25, 0.3) is 0 Å². The van der Waals surface area contributed by atoms with Crippen LogP contribution < -0.4 is 16.0 Å². The molecule has 0 saturated carbocycles. The first kappa shape index (κ1) is 14.6. The number of aryl methyl sites for hydroxylation is 1. The molecule has 0 atom stereocenters. The fraction of sp³-hybridized carbons (Fsp3) is 0.273. The maximum atomic E-state index is 11.7. The standard InChI is InChI=1S/C11H14Cl2N4O/c1-3-6-4-7(12)9(8(13)5-6)17(2)11(18)16-10(14)15/h4-5H,3H2,1-2H3,(H4,14,15,16,18). The Bertz CT molecular complexity index is 467. The molecule has 0 aliphatic carbocycles. The lowest BCUT2D eigenvalue weighted by Crippen LogP contribution is -2.44. The summed E-state index contributed by atoms with van der Waals surface area (Å²) in [5.74, 6) is -0.440. The molecule has 0 saturated heterocycles. The van der Waals surface area contributed by atoms with Crippen LogP contribution in [0.3, 0.4) is 0 Å². The number of carbonyl (C=O) groups is 1. The average Bonchev–Trinajstić information content (AvgIpc) is 2.26. The van der Waals surface area contributed by atoms with Gasteiger partial charge in [-0.25, -0.2) is 4.79 Å². The van der Waals surface area contributed by atoms with Crippen molar-refractivity contribution in [3.05, 3.63) is 27.7 Å². The van der Waals surface area contributed by atoms with E-state index in [1.165, 1.54) is 11.9 Å². The van der Waals surface area contributed by atoms with Crippen molar-refractivity contribution in [3.8, 4) is 0 Å². The average molecular weight is 289 g/mol. The fourth-order valence-corrected chi connectivity index (χ4v) is 2.23. The highest BCUT2D eigenvalue weighted by molar-refractivity contribution is 6.40.